The molecule has 0 aromatic rings. The molecular formula is C44H65N9O11. The summed E-state index contributed by atoms with van der Waals surface area (Å²) in [4.78, 5) is 135. The van der Waals surface area contributed by atoms with E-state index < -0.39 is 72.4 Å². The first-order valence-corrected chi connectivity index (χ1v) is 23.9. The van der Waals surface area contributed by atoms with Crippen molar-refractivity contribution in [1.82, 2.24) is 44.9 Å². The van der Waals surface area contributed by atoms with Gasteiger partial charge in [0.2, 0.25) is 47.3 Å². The minimum absolute atomic E-state index is 0.263. The number of hydrogen-bond donors (Lipinski definition) is 4. The summed E-state index contributed by atoms with van der Waals surface area (Å²) in [6.45, 7) is 4.28. The van der Waals surface area contributed by atoms with Gasteiger partial charge >= 0.3 is 5.97 Å². The molecule has 0 spiro atoms. The van der Waals surface area contributed by atoms with Crippen molar-refractivity contribution in [3.8, 4) is 0 Å². The second-order valence-corrected chi connectivity index (χ2v) is 19.0. The van der Waals surface area contributed by atoms with Gasteiger partial charge in [0.25, 0.3) is 0 Å². The minimum atomic E-state index is -1.24. The predicted octanol–water partition coefficient (Wildman–Crippen LogP) is -1.37. The molecule has 10 atom stereocenters. The maximum Gasteiger partial charge on any atom is 0.326 e. The molecule has 8 heterocycles. The first-order valence-electron chi connectivity index (χ1n) is 23.9. The van der Waals surface area contributed by atoms with E-state index in [-0.39, 0.29) is 47.9 Å². The van der Waals surface area contributed by atoms with Crippen molar-refractivity contribution < 1.29 is 53.4 Å². The summed E-state index contributed by atoms with van der Waals surface area (Å²) >= 11 is 0. The van der Waals surface area contributed by atoms with Crippen LogP contribution in [0, 0.1) is 0 Å². The van der Waals surface area contributed by atoms with Crippen molar-refractivity contribution in [2.75, 3.05) is 52.4 Å². The number of aliphatic hydroxyl groups excluding tert-OH is 1. The van der Waals surface area contributed by atoms with Gasteiger partial charge in [0, 0.05) is 45.8 Å². The van der Waals surface area contributed by atoms with Crippen LogP contribution in [0.4, 0.5) is 0 Å². The lowest BCUT2D eigenvalue weighted by atomic mass is 10.1. The standard InChI is InChI=1S/C44H65N9O11/c1-26(54)35(46-36(55)27-10-2-18-45-27)43(62)52-24-8-16-33(52)41(60)50-22-6-14-31(50)39(58)48-20-4-12-29(48)37(56)47-19-3-11-28(47)38(57)49-21-5-13-30(49)40(59)51-23-7-15-32(51)42(61)53-25-9-17-34(53)44(63)64/h26-35,45,54H,2-25H2,1H3,(H,46,55)(H,63,64)/t26-,27+,28+,29+,30+,31+,32+,33+,34+,35+/m1/s1. The number of nitrogens with zero attached hydrogens (tertiary/aromatic N) is 7. The van der Waals surface area contributed by atoms with E-state index in [0.717, 1.165) is 6.42 Å². The van der Waals surface area contributed by atoms with Crippen LogP contribution in [0.5, 0.6) is 0 Å². The number of carboxylic acids is 1. The Kier molecular flexibility index (Phi) is 13.8. The topological polar surface area (TPSA) is 241 Å². The molecule has 20 nitrogen and oxygen atoms in total. The van der Waals surface area contributed by atoms with Crippen molar-refractivity contribution >= 4 is 53.2 Å². The van der Waals surface area contributed by atoms with Crippen LogP contribution < -0.4 is 10.6 Å². The van der Waals surface area contributed by atoms with Gasteiger partial charge in [-0.15, -0.1) is 0 Å². The summed E-state index contributed by atoms with van der Waals surface area (Å²) in [5.41, 5.74) is 0. The molecule has 4 N–H and O–H groups in total. The molecule has 8 aliphatic rings. The van der Waals surface area contributed by atoms with Crippen LogP contribution in [0.1, 0.15) is 110 Å². The monoisotopic (exact) mass is 895 g/mol. The van der Waals surface area contributed by atoms with Gasteiger partial charge in [0.1, 0.15) is 48.3 Å². The Balaban J connectivity index is 0.906. The molecule has 0 aromatic heterocycles. The predicted molar refractivity (Wildman–Crippen MR) is 225 cm³/mol. The highest BCUT2D eigenvalue weighted by molar-refractivity contribution is 5.99. The van der Waals surface area contributed by atoms with Crippen LogP contribution >= 0.6 is 0 Å². The van der Waals surface area contributed by atoms with E-state index in [9.17, 15) is 53.4 Å². The first kappa shape index (κ1) is 45.7. The van der Waals surface area contributed by atoms with E-state index >= 15 is 0 Å². The van der Waals surface area contributed by atoms with Crippen LogP contribution in [0.2, 0.25) is 0 Å². The number of carbonyl (C=O) groups excluding carboxylic acids is 8. The second-order valence-electron chi connectivity index (χ2n) is 19.0. The minimum Gasteiger partial charge on any atom is -0.480 e. The number of carbonyl (C=O) groups is 9. The Morgan fingerprint density at radius 3 is 1.05 bits per heavy atom. The first-order chi connectivity index (χ1) is 30.8. The van der Waals surface area contributed by atoms with Crippen molar-refractivity contribution in [1.29, 1.82) is 0 Å². The molecule has 8 amide bonds. The van der Waals surface area contributed by atoms with Crippen LogP contribution in [0.15, 0.2) is 0 Å². The van der Waals surface area contributed by atoms with Crippen LogP contribution in [-0.4, -0.2) is 211 Å². The summed E-state index contributed by atoms with van der Waals surface area (Å²) in [6.07, 6.45) is 6.95. The quantitative estimate of drug-likeness (QED) is 0.188. The van der Waals surface area contributed by atoms with Crippen LogP contribution in [0.25, 0.3) is 0 Å². The third kappa shape index (κ3) is 8.67. The van der Waals surface area contributed by atoms with E-state index in [1.54, 1.807) is 14.7 Å². The molecule has 8 aliphatic heterocycles. The van der Waals surface area contributed by atoms with E-state index in [0.29, 0.717) is 142 Å². The Labute approximate surface area is 373 Å². The molecule has 8 rings (SSSR count). The van der Waals surface area contributed by atoms with E-state index in [2.05, 4.69) is 10.6 Å². The van der Waals surface area contributed by atoms with Crippen molar-refractivity contribution in [2.45, 2.75) is 170 Å². The zero-order valence-corrected chi connectivity index (χ0v) is 36.9. The van der Waals surface area contributed by atoms with Crippen molar-refractivity contribution in [2.24, 2.45) is 0 Å². The fraction of sp³-hybridized carbons (Fsp3) is 0.795. The average Bonchev–Trinajstić information content (AvgIpc) is 4.14. The number of carboxylic acid groups (broad SMARTS) is 1. The van der Waals surface area contributed by atoms with Crippen LogP contribution in [0.3, 0.4) is 0 Å². The normalized spacial score (nSPS) is 31.6. The van der Waals surface area contributed by atoms with Gasteiger partial charge in [-0.25, -0.2) is 4.79 Å². The largest absolute Gasteiger partial charge is 0.480 e. The van der Waals surface area contributed by atoms with Gasteiger partial charge in [-0.1, -0.05) is 0 Å². The van der Waals surface area contributed by atoms with Crippen LogP contribution in [-0.2, 0) is 43.2 Å². The Morgan fingerprint density at radius 1 is 0.453 bits per heavy atom. The third-order valence-corrected chi connectivity index (χ3v) is 15.2. The van der Waals surface area contributed by atoms with Gasteiger partial charge in [-0.05, 0) is 116 Å². The van der Waals surface area contributed by atoms with Gasteiger partial charge < -0.3 is 55.1 Å². The third-order valence-electron chi connectivity index (χ3n) is 15.2. The Bertz CT molecular complexity index is 1880. The highest BCUT2D eigenvalue weighted by atomic mass is 16.4. The molecule has 0 aliphatic carbocycles. The summed E-state index contributed by atoms with van der Waals surface area (Å²) in [5, 5.41) is 26.1. The summed E-state index contributed by atoms with van der Waals surface area (Å²) in [6, 6.07) is -7.57. The molecule has 0 bridgehead atoms. The van der Waals surface area contributed by atoms with Crippen molar-refractivity contribution in [3.05, 3.63) is 0 Å². The van der Waals surface area contributed by atoms with E-state index in [4.69, 9.17) is 0 Å². The van der Waals surface area contributed by atoms with E-state index in [1.165, 1.54) is 26.5 Å². The maximum atomic E-state index is 14.5. The van der Waals surface area contributed by atoms with Crippen molar-refractivity contribution in [3.63, 3.8) is 0 Å². The van der Waals surface area contributed by atoms with Gasteiger partial charge in [-0.2, -0.15) is 0 Å². The zero-order valence-electron chi connectivity index (χ0n) is 36.9. The number of aliphatic hydroxyl groups is 1. The van der Waals surface area contributed by atoms with Gasteiger partial charge in [0.05, 0.1) is 12.1 Å². The summed E-state index contributed by atoms with van der Waals surface area (Å²) in [7, 11) is 0. The molecular weight excluding hydrogens is 831 g/mol. The molecule has 0 saturated carbocycles. The lowest BCUT2D eigenvalue weighted by Gasteiger charge is -2.37. The molecule has 0 radical (unpaired) electrons. The summed E-state index contributed by atoms with van der Waals surface area (Å²) in [5.74, 6) is -4.07. The maximum absolute atomic E-state index is 14.5. The molecule has 64 heavy (non-hydrogen) atoms. The molecule has 8 saturated heterocycles. The highest BCUT2D eigenvalue weighted by Crippen LogP contribution is 2.33. The molecule has 20 heteroatoms. The Hall–Kier alpha value is -4.85. The average molecular weight is 896 g/mol. The van der Waals surface area contributed by atoms with Gasteiger partial charge in [0.15, 0.2) is 0 Å². The second kappa shape index (κ2) is 19.3. The Morgan fingerprint density at radius 2 is 0.750 bits per heavy atom. The molecule has 0 aromatic carbocycles. The number of nitrogens with one attached hydrogen (secondary N) is 2. The molecule has 8 fully saturated rings. The fourth-order valence-corrected chi connectivity index (χ4v) is 11.9. The SMILES string of the molecule is C[C@@H](O)[C@H](NC(=O)[C@@H]1CCCN1)C(=O)N1CCC[C@H]1C(=O)N1CCC[C@H]1C(=O)N1CCC[C@H]1C(=O)N1CCC[C@H]1C(=O)N1CCC[C@H]1C(=O)N1CCC[C@H]1C(=O)N1CCC[C@H]1C(=O)O. The van der Waals surface area contributed by atoms with Gasteiger partial charge in [-0.3, -0.25) is 38.4 Å². The van der Waals surface area contributed by atoms with E-state index in [1.807, 2.05) is 0 Å². The fourth-order valence-electron chi connectivity index (χ4n) is 11.9. The number of aliphatic carboxylic acids is 1. The molecule has 352 valence electrons. The zero-order chi connectivity index (χ0) is 45.4. The lowest BCUT2D eigenvalue weighted by molar-refractivity contribution is -0.155. The highest BCUT2D eigenvalue weighted by Gasteiger charge is 2.51. The number of rotatable bonds is 11. The summed E-state index contributed by atoms with van der Waals surface area (Å²) < 4.78 is 0. The number of likely N-dealkylation sites (tertiary alicyclic amines) is 7. The smallest absolute Gasteiger partial charge is 0.326 e. The lowest BCUT2D eigenvalue weighted by Crippen LogP contribution is -2.60. The number of amides is 8. The number of hydrogen-bond acceptors (Lipinski definition) is 11. The molecule has 0 unspecified atom stereocenters.